The maximum atomic E-state index is 15.2. The van der Waals surface area contributed by atoms with Gasteiger partial charge in [0.25, 0.3) is 0 Å². The van der Waals surface area contributed by atoms with Gasteiger partial charge in [-0.15, -0.1) is 0 Å². The number of H-pyrrole nitrogens is 1. The van der Waals surface area contributed by atoms with Crippen LogP contribution in [-0.2, 0) is 20.9 Å². The van der Waals surface area contributed by atoms with Crippen molar-refractivity contribution < 1.29 is 18.7 Å². The fourth-order valence-corrected chi connectivity index (χ4v) is 9.29. The van der Waals surface area contributed by atoms with Crippen LogP contribution in [0.1, 0.15) is 55.8 Å². The highest BCUT2D eigenvalue weighted by Crippen LogP contribution is 2.67. The third-order valence-electron chi connectivity index (χ3n) is 11.0. The fraction of sp³-hybridized carbons (Fsp3) is 0.436. The number of benzene rings is 3. The van der Waals surface area contributed by atoms with Crippen LogP contribution in [0.25, 0.3) is 10.9 Å². The zero-order valence-corrected chi connectivity index (χ0v) is 28.9. The van der Waals surface area contributed by atoms with Gasteiger partial charge in [-0.05, 0) is 90.5 Å². The number of aromatic nitrogens is 1. The first kappa shape index (κ1) is 32.7. The van der Waals surface area contributed by atoms with E-state index >= 15 is 4.39 Å². The molecule has 0 bridgehead atoms. The molecule has 0 radical (unpaired) electrons. The van der Waals surface area contributed by atoms with Gasteiger partial charge >= 0.3 is 0 Å². The molecule has 4 aromatic rings. The van der Waals surface area contributed by atoms with Crippen molar-refractivity contribution in [2.24, 2.45) is 11.3 Å². The summed E-state index contributed by atoms with van der Waals surface area (Å²) in [5.41, 5.74) is 4.50. The molecule has 7 nitrogen and oxygen atoms in total. The Morgan fingerprint density at radius 1 is 1.00 bits per heavy atom. The fourth-order valence-electron chi connectivity index (χ4n) is 8.12. The molecule has 2 atom stereocenters. The lowest BCUT2D eigenvalue weighted by molar-refractivity contribution is -0.147. The molecule has 9 heteroatoms. The van der Waals surface area contributed by atoms with Crippen molar-refractivity contribution in [3.05, 3.63) is 95.4 Å². The number of halogens is 1. The molecule has 252 valence electrons. The number of nitrogens with one attached hydrogen (secondary N) is 2. The molecule has 1 aromatic heterocycles. The van der Waals surface area contributed by atoms with Crippen molar-refractivity contribution in [1.29, 1.82) is 0 Å². The number of para-hydroxylation sites is 1. The summed E-state index contributed by atoms with van der Waals surface area (Å²) in [4.78, 5) is 36.8. The number of fused-ring (bicyclic) bond motifs is 1. The molecule has 2 aliphatic heterocycles. The van der Waals surface area contributed by atoms with Crippen LogP contribution in [0.15, 0.2) is 72.8 Å². The highest BCUT2D eigenvalue weighted by atomic mass is 32.2. The van der Waals surface area contributed by atoms with Crippen molar-refractivity contribution >= 4 is 45.9 Å². The average molecular weight is 669 g/mol. The van der Waals surface area contributed by atoms with Gasteiger partial charge in [-0.2, -0.15) is 11.8 Å². The molecule has 3 aliphatic rings. The quantitative estimate of drug-likeness (QED) is 0.193. The molecule has 1 aliphatic carbocycles. The van der Waals surface area contributed by atoms with Gasteiger partial charge in [0.2, 0.25) is 11.8 Å². The molecule has 7 rings (SSSR count). The first-order valence-electron chi connectivity index (χ1n) is 17.1. The minimum atomic E-state index is -1.10. The van der Waals surface area contributed by atoms with E-state index in [1.54, 1.807) is 34.9 Å². The van der Waals surface area contributed by atoms with Crippen LogP contribution >= 0.6 is 11.8 Å². The minimum Gasteiger partial charge on any atom is -0.378 e. The number of hydrogen-bond acceptors (Lipinski definition) is 5. The highest BCUT2D eigenvalue weighted by molar-refractivity contribution is 7.99. The number of amides is 2. The summed E-state index contributed by atoms with van der Waals surface area (Å²) in [6, 6.07) is 22.8. The number of hydrogen-bond donors (Lipinski definition) is 2. The van der Waals surface area contributed by atoms with Gasteiger partial charge in [0.15, 0.2) is 0 Å². The highest BCUT2D eigenvalue weighted by Gasteiger charge is 2.60. The second-order valence-corrected chi connectivity index (χ2v) is 15.4. The lowest BCUT2D eigenvalue weighted by Gasteiger charge is -2.45. The van der Waals surface area contributed by atoms with E-state index in [9.17, 15) is 9.59 Å². The topological polar surface area (TPSA) is 77.7 Å². The number of carbonyl (C=O) groups is 2. The lowest BCUT2D eigenvalue weighted by Crippen LogP contribution is -2.60. The molecule has 3 fully saturated rings. The molecule has 48 heavy (non-hydrogen) atoms. The molecule has 2 saturated heterocycles. The second-order valence-electron chi connectivity index (χ2n) is 14.1. The third kappa shape index (κ3) is 6.11. The monoisotopic (exact) mass is 668 g/mol. The summed E-state index contributed by atoms with van der Waals surface area (Å²) in [5, 5.41) is 4.38. The zero-order valence-electron chi connectivity index (χ0n) is 28.1. The van der Waals surface area contributed by atoms with Crippen LogP contribution in [0.4, 0.5) is 15.8 Å². The molecule has 2 N–H and O–H groups in total. The van der Waals surface area contributed by atoms with E-state index in [-0.39, 0.29) is 41.4 Å². The number of morpholine rings is 1. The van der Waals surface area contributed by atoms with Crippen LogP contribution in [0.3, 0.4) is 0 Å². The summed E-state index contributed by atoms with van der Waals surface area (Å²) in [6.45, 7) is 9.69. The van der Waals surface area contributed by atoms with E-state index in [0.717, 1.165) is 41.5 Å². The van der Waals surface area contributed by atoms with E-state index in [2.05, 4.69) is 54.2 Å². The first-order chi connectivity index (χ1) is 23.2. The van der Waals surface area contributed by atoms with Crippen LogP contribution in [-0.4, -0.2) is 65.0 Å². The first-order valence-corrected chi connectivity index (χ1v) is 18.3. The molecule has 1 saturated carbocycles. The van der Waals surface area contributed by atoms with Crippen LogP contribution < -0.4 is 10.2 Å². The summed E-state index contributed by atoms with van der Waals surface area (Å²) >= 11 is 1.79. The Hall–Kier alpha value is -3.82. The number of aryl methyl sites for hydroxylation is 1. The van der Waals surface area contributed by atoms with E-state index in [4.69, 9.17) is 4.74 Å². The Kier molecular flexibility index (Phi) is 9.02. The van der Waals surface area contributed by atoms with Gasteiger partial charge in [0, 0.05) is 59.6 Å². The SMILES string of the molecule is Cc1[nH]c2ccccc2c1[C@H]1[C@H](CC(=O)N(Cc2ccccc2F)C2(C(=O)Nc3ccc(N4CCOCC4)cc3)CCSCC2)C1(C)C. The Morgan fingerprint density at radius 3 is 2.42 bits per heavy atom. The van der Waals surface area contributed by atoms with Crippen molar-refractivity contribution in [2.75, 3.05) is 48.0 Å². The number of anilines is 2. The molecule has 2 amide bonds. The van der Waals surface area contributed by atoms with Crippen LogP contribution in [0.5, 0.6) is 0 Å². The van der Waals surface area contributed by atoms with Crippen LogP contribution in [0, 0.1) is 24.1 Å². The van der Waals surface area contributed by atoms with Crippen molar-refractivity contribution in [3.8, 4) is 0 Å². The van der Waals surface area contributed by atoms with Crippen molar-refractivity contribution in [3.63, 3.8) is 0 Å². The maximum absolute atomic E-state index is 15.2. The van der Waals surface area contributed by atoms with Gasteiger partial charge < -0.3 is 24.8 Å². The molecular weight excluding hydrogens is 624 g/mol. The lowest BCUT2D eigenvalue weighted by atomic mass is 9.87. The third-order valence-corrected chi connectivity index (χ3v) is 12.0. The summed E-state index contributed by atoms with van der Waals surface area (Å²) in [7, 11) is 0. The summed E-state index contributed by atoms with van der Waals surface area (Å²) in [5.74, 6) is 1.12. The molecule has 3 aromatic carbocycles. The van der Waals surface area contributed by atoms with Gasteiger partial charge in [-0.1, -0.05) is 50.2 Å². The van der Waals surface area contributed by atoms with Gasteiger partial charge in [0.1, 0.15) is 11.4 Å². The van der Waals surface area contributed by atoms with Gasteiger partial charge in [0.05, 0.1) is 13.2 Å². The number of ether oxygens (including phenoxy) is 1. The number of aromatic amines is 1. The zero-order chi connectivity index (χ0) is 33.5. The average Bonchev–Trinajstić information content (AvgIpc) is 3.45. The maximum Gasteiger partial charge on any atom is 0.250 e. The van der Waals surface area contributed by atoms with Gasteiger partial charge in [-0.3, -0.25) is 9.59 Å². The predicted molar refractivity (Wildman–Crippen MR) is 192 cm³/mol. The number of thioether (sulfide) groups is 1. The molecular formula is C39H45FN4O3S. The van der Waals surface area contributed by atoms with E-state index in [0.29, 0.717) is 43.7 Å². The van der Waals surface area contributed by atoms with E-state index in [1.165, 1.54) is 17.0 Å². The van der Waals surface area contributed by atoms with E-state index < -0.39 is 5.54 Å². The second kappa shape index (κ2) is 13.2. The van der Waals surface area contributed by atoms with Gasteiger partial charge in [-0.25, -0.2) is 4.39 Å². The number of nitrogens with zero attached hydrogens (tertiary/aromatic N) is 2. The number of carbonyl (C=O) groups excluding carboxylic acids is 2. The predicted octanol–water partition coefficient (Wildman–Crippen LogP) is 7.52. The Bertz CT molecular complexity index is 1790. The van der Waals surface area contributed by atoms with Crippen LogP contribution in [0.2, 0.25) is 0 Å². The Labute approximate surface area is 286 Å². The molecule has 0 unspecified atom stereocenters. The standard InChI is InChI=1S/C39H45FN4O3S/c1-26-35(30-9-5-7-11-33(30)41-26)36-31(38(36,2)3)24-34(45)44(25-27-8-4-6-10-32(27)40)39(16-22-48-23-17-39)37(46)42-28-12-14-29(15-13-28)43-18-20-47-21-19-43/h4-15,31,36,41H,16-25H2,1-3H3,(H,42,46)/t31-,36+/m0/s1. The van der Waals surface area contributed by atoms with Crippen molar-refractivity contribution in [2.45, 2.75) is 58.0 Å². The van der Waals surface area contributed by atoms with Crippen molar-refractivity contribution in [1.82, 2.24) is 9.88 Å². The largest absolute Gasteiger partial charge is 0.378 e. The summed E-state index contributed by atoms with van der Waals surface area (Å²) < 4.78 is 20.7. The minimum absolute atomic E-state index is 0.0451. The normalized spacial score (nSPS) is 21.5. The Balaban J connectivity index is 1.18. The smallest absolute Gasteiger partial charge is 0.250 e. The Morgan fingerprint density at radius 2 is 1.69 bits per heavy atom. The number of rotatable bonds is 9. The molecule has 0 spiro atoms. The summed E-state index contributed by atoms with van der Waals surface area (Å²) in [6.07, 6.45) is 1.31. The van der Waals surface area contributed by atoms with E-state index in [1.807, 2.05) is 30.3 Å². The molecule has 3 heterocycles.